The Bertz CT molecular complexity index is 612. The van der Waals surface area contributed by atoms with Gasteiger partial charge >= 0.3 is 5.97 Å². The fourth-order valence-electron chi connectivity index (χ4n) is 2.09. The van der Waals surface area contributed by atoms with Crippen LogP contribution in [0.2, 0.25) is 0 Å². The van der Waals surface area contributed by atoms with Gasteiger partial charge in [-0.1, -0.05) is 42.1 Å². The molecule has 5 nitrogen and oxygen atoms in total. The second-order valence-electron chi connectivity index (χ2n) is 4.75. The highest BCUT2D eigenvalue weighted by molar-refractivity contribution is 7.99. The smallest absolute Gasteiger partial charge is 0.307 e. The fraction of sp³-hybridized carbons (Fsp3) is 0.357. The molecule has 0 amide bonds. The molecular weight excluding hydrogens is 274 g/mol. The minimum atomic E-state index is -0.130. The molecule has 1 aliphatic rings. The summed E-state index contributed by atoms with van der Waals surface area (Å²) in [6.07, 6.45) is 1.20. The molecule has 2 heterocycles. The van der Waals surface area contributed by atoms with Gasteiger partial charge in [-0.2, -0.15) is 0 Å². The Labute approximate surface area is 121 Å². The van der Waals surface area contributed by atoms with Crippen molar-refractivity contribution in [1.29, 1.82) is 0 Å². The molecule has 1 aliphatic heterocycles. The summed E-state index contributed by atoms with van der Waals surface area (Å²) >= 11 is 1.56. The first-order valence-electron chi connectivity index (χ1n) is 6.47. The summed E-state index contributed by atoms with van der Waals surface area (Å²) in [5.74, 6) is 0.790. The van der Waals surface area contributed by atoms with Crippen molar-refractivity contribution < 1.29 is 9.53 Å². The second-order valence-corrected chi connectivity index (χ2v) is 6.01. The summed E-state index contributed by atoms with van der Waals surface area (Å²) in [4.78, 5) is 11.1. The highest BCUT2D eigenvalue weighted by Gasteiger charge is 2.26. The Morgan fingerprint density at radius 2 is 2.15 bits per heavy atom. The monoisotopic (exact) mass is 289 g/mol. The predicted octanol–water partition coefficient (Wildman–Crippen LogP) is 1.81. The van der Waals surface area contributed by atoms with E-state index < -0.39 is 0 Å². The van der Waals surface area contributed by atoms with Crippen LogP contribution in [0.1, 0.15) is 17.8 Å². The molecule has 1 fully saturated rings. The Hall–Kier alpha value is -1.82. The third-order valence-corrected chi connectivity index (χ3v) is 4.43. The average Bonchev–Trinajstić information content (AvgIpc) is 3.01. The molecule has 1 atom stereocenters. The van der Waals surface area contributed by atoms with E-state index >= 15 is 0 Å². The van der Waals surface area contributed by atoms with Crippen LogP contribution in [0.5, 0.6) is 0 Å². The number of nitrogens with zero attached hydrogens (tertiary/aromatic N) is 3. The van der Waals surface area contributed by atoms with Crippen LogP contribution in [-0.4, -0.2) is 32.6 Å². The standard InChI is InChI=1S/C14H15N3O2S/c1-17-12(7-10-5-3-2-4-6-10)15-16-14(17)20-11-8-13(18)19-9-11/h2-6,11H,7-9H2,1H3. The van der Waals surface area contributed by atoms with E-state index in [2.05, 4.69) is 22.3 Å². The topological polar surface area (TPSA) is 57.0 Å². The van der Waals surface area contributed by atoms with E-state index in [-0.39, 0.29) is 11.2 Å². The van der Waals surface area contributed by atoms with E-state index in [1.807, 2.05) is 29.8 Å². The minimum Gasteiger partial charge on any atom is -0.464 e. The van der Waals surface area contributed by atoms with Gasteiger partial charge in [-0.15, -0.1) is 10.2 Å². The van der Waals surface area contributed by atoms with Gasteiger partial charge < -0.3 is 9.30 Å². The Kier molecular flexibility index (Phi) is 3.73. The van der Waals surface area contributed by atoms with Gasteiger partial charge in [-0.25, -0.2) is 0 Å². The molecule has 1 saturated heterocycles. The maximum atomic E-state index is 11.1. The van der Waals surface area contributed by atoms with Gasteiger partial charge in [0.05, 0.1) is 11.7 Å². The molecule has 0 spiro atoms. The van der Waals surface area contributed by atoms with Crippen molar-refractivity contribution in [2.45, 2.75) is 23.2 Å². The highest BCUT2D eigenvalue weighted by Crippen LogP contribution is 2.28. The number of aromatic nitrogens is 3. The lowest BCUT2D eigenvalue weighted by molar-refractivity contribution is -0.137. The number of rotatable bonds is 4. The van der Waals surface area contributed by atoms with Crippen LogP contribution in [-0.2, 0) is 23.0 Å². The lowest BCUT2D eigenvalue weighted by Crippen LogP contribution is -2.05. The lowest BCUT2D eigenvalue weighted by Gasteiger charge is -2.06. The van der Waals surface area contributed by atoms with Crippen molar-refractivity contribution >= 4 is 17.7 Å². The van der Waals surface area contributed by atoms with Crippen molar-refractivity contribution in [3.05, 3.63) is 41.7 Å². The average molecular weight is 289 g/mol. The third kappa shape index (κ3) is 2.85. The van der Waals surface area contributed by atoms with E-state index in [1.54, 1.807) is 11.8 Å². The molecule has 1 aromatic heterocycles. The first-order valence-corrected chi connectivity index (χ1v) is 7.35. The number of esters is 1. The Balaban J connectivity index is 1.70. The van der Waals surface area contributed by atoms with Gasteiger partial charge in [-0.3, -0.25) is 4.79 Å². The molecule has 0 N–H and O–H groups in total. The van der Waals surface area contributed by atoms with Crippen molar-refractivity contribution in [1.82, 2.24) is 14.8 Å². The summed E-state index contributed by atoms with van der Waals surface area (Å²) in [6, 6.07) is 10.2. The molecule has 0 radical (unpaired) electrons. The third-order valence-electron chi connectivity index (χ3n) is 3.23. The normalized spacial score (nSPS) is 18.2. The van der Waals surface area contributed by atoms with Crippen molar-refractivity contribution in [2.75, 3.05) is 6.61 Å². The summed E-state index contributed by atoms with van der Waals surface area (Å²) in [5.41, 5.74) is 1.21. The number of carbonyl (C=O) groups is 1. The molecular formula is C14H15N3O2S. The Morgan fingerprint density at radius 1 is 1.35 bits per heavy atom. The van der Waals surface area contributed by atoms with Crippen molar-refractivity contribution in [3.8, 4) is 0 Å². The van der Waals surface area contributed by atoms with E-state index in [1.165, 1.54) is 5.56 Å². The summed E-state index contributed by atoms with van der Waals surface area (Å²) in [7, 11) is 1.96. The molecule has 3 rings (SSSR count). The molecule has 0 bridgehead atoms. The van der Waals surface area contributed by atoms with E-state index in [0.29, 0.717) is 13.0 Å². The molecule has 0 saturated carbocycles. The first-order chi connectivity index (χ1) is 9.72. The molecule has 0 aliphatic carbocycles. The number of hydrogen-bond acceptors (Lipinski definition) is 5. The number of ether oxygens (including phenoxy) is 1. The van der Waals surface area contributed by atoms with Crippen LogP contribution in [0.25, 0.3) is 0 Å². The number of cyclic esters (lactones) is 1. The lowest BCUT2D eigenvalue weighted by atomic mass is 10.1. The van der Waals surface area contributed by atoms with E-state index in [0.717, 1.165) is 17.4 Å². The number of carbonyl (C=O) groups excluding carboxylic acids is 1. The number of thioether (sulfide) groups is 1. The van der Waals surface area contributed by atoms with Gasteiger partial charge in [-0.05, 0) is 5.56 Å². The second kappa shape index (κ2) is 5.66. The molecule has 20 heavy (non-hydrogen) atoms. The summed E-state index contributed by atoms with van der Waals surface area (Å²) in [5, 5.41) is 9.43. The van der Waals surface area contributed by atoms with Crippen LogP contribution in [0.4, 0.5) is 0 Å². The van der Waals surface area contributed by atoms with Crippen LogP contribution < -0.4 is 0 Å². The van der Waals surface area contributed by atoms with Gasteiger partial charge in [0.25, 0.3) is 0 Å². The van der Waals surface area contributed by atoms with E-state index in [9.17, 15) is 4.79 Å². The Morgan fingerprint density at radius 3 is 2.85 bits per heavy atom. The SMILES string of the molecule is Cn1c(Cc2ccccc2)nnc1SC1COC(=O)C1. The molecule has 1 aromatic carbocycles. The zero-order chi connectivity index (χ0) is 13.9. The van der Waals surface area contributed by atoms with Gasteiger partial charge in [0.15, 0.2) is 5.16 Å². The fourth-order valence-corrected chi connectivity index (χ4v) is 3.10. The molecule has 2 aromatic rings. The summed E-state index contributed by atoms with van der Waals surface area (Å²) < 4.78 is 6.95. The number of hydrogen-bond donors (Lipinski definition) is 0. The predicted molar refractivity (Wildman–Crippen MR) is 75.5 cm³/mol. The highest BCUT2D eigenvalue weighted by atomic mass is 32.2. The molecule has 1 unspecified atom stereocenters. The van der Waals surface area contributed by atoms with Crippen molar-refractivity contribution in [2.24, 2.45) is 7.05 Å². The first kappa shape index (κ1) is 13.2. The van der Waals surface area contributed by atoms with Crippen LogP contribution in [0.3, 0.4) is 0 Å². The largest absolute Gasteiger partial charge is 0.464 e. The molecule has 104 valence electrons. The maximum Gasteiger partial charge on any atom is 0.307 e. The summed E-state index contributed by atoms with van der Waals surface area (Å²) in [6.45, 7) is 0.463. The number of benzene rings is 1. The van der Waals surface area contributed by atoms with E-state index in [4.69, 9.17) is 4.74 Å². The molecule has 6 heteroatoms. The van der Waals surface area contributed by atoms with Crippen LogP contribution in [0.15, 0.2) is 35.5 Å². The zero-order valence-corrected chi connectivity index (χ0v) is 12.0. The maximum absolute atomic E-state index is 11.1. The van der Waals surface area contributed by atoms with Crippen molar-refractivity contribution in [3.63, 3.8) is 0 Å². The van der Waals surface area contributed by atoms with Crippen LogP contribution >= 0.6 is 11.8 Å². The van der Waals surface area contributed by atoms with Gasteiger partial charge in [0, 0.05) is 13.5 Å². The van der Waals surface area contributed by atoms with Gasteiger partial charge in [0.1, 0.15) is 12.4 Å². The minimum absolute atomic E-state index is 0.130. The zero-order valence-electron chi connectivity index (χ0n) is 11.2. The quantitative estimate of drug-likeness (QED) is 0.804. The van der Waals surface area contributed by atoms with Gasteiger partial charge in [0.2, 0.25) is 0 Å². The van der Waals surface area contributed by atoms with Crippen LogP contribution in [0, 0.1) is 0 Å².